The van der Waals surface area contributed by atoms with Gasteiger partial charge < -0.3 is 18.9 Å². The van der Waals surface area contributed by atoms with Crippen LogP contribution in [0.5, 0.6) is 23.0 Å². The van der Waals surface area contributed by atoms with E-state index in [1.807, 2.05) is 55.5 Å². The van der Waals surface area contributed by atoms with Crippen LogP contribution in [-0.2, 0) is 0 Å². The number of aryl methyl sites for hydroxylation is 1. The van der Waals surface area contributed by atoms with E-state index < -0.39 is 0 Å². The summed E-state index contributed by atoms with van der Waals surface area (Å²) >= 11 is 0. The van der Waals surface area contributed by atoms with Crippen LogP contribution < -0.4 is 18.9 Å². The Morgan fingerprint density at radius 2 is 1.16 bits per heavy atom. The highest BCUT2D eigenvalue weighted by Crippen LogP contribution is 2.43. The highest BCUT2D eigenvalue weighted by Gasteiger charge is 2.19. The van der Waals surface area contributed by atoms with Crippen LogP contribution >= 0.6 is 0 Å². The lowest BCUT2D eigenvalue weighted by Crippen LogP contribution is -1.98. The molecule has 0 saturated heterocycles. The van der Waals surface area contributed by atoms with Gasteiger partial charge in [-0.2, -0.15) is 0 Å². The number of fused-ring (bicyclic) bond motifs is 1. The van der Waals surface area contributed by atoms with E-state index in [-0.39, 0.29) is 0 Å². The van der Waals surface area contributed by atoms with Crippen LogP contribution in [0.3, 0.4) is 0 Å². The van der Waals surface area contributed by atoms with Crippen molar-refractivity contribution < 1.29 is 18.9 Å². The van der Waals surface area contributed by atoms with Gasteiger partial charge in [0.2, 0.25) is 0 Å². The average molecular weight is 415 g/mol. The van der Waals surface area contributed by atoms with E-state index in [1.54, 1.807) is 28.4 Å². The predicted molar refractivity (Wildman–Crippen MR) is 124 cm³/mol. The van der Waals surface area contributed by atoms with E-state index >= 15 is 0 Å². The van der Waals surface area contributed by atoms with Gasteiger partial charge in [0.15, 0.2) is 23.0 Å². The molecular weight excluding hydrogens is 390 g/mol. The summed E-state index contributed by atoms with van der Waals surface area (Å²) in [5.41, 5.74) is 4.80. The van der Waals surface area contributed by atoms with E-state index in [0.717, 1.165) is 38.9 Å². The normalized spacial score (nSPS) is 10.7. The SMILES string of the molecule is COc1ccc(-c2nc(C)c3cc(OC)c(OC)cc3c2-c2ccccc2)cc1OC. The molecule has 0 bridgehead atoms. The molecule has 0 fully saturated rings. The minimum atomic E-state index is 0.658. The van der Waals surface area contributed by atoms with Gasteiger partial charge in [0, 0.05) is 22.2 Å². The van der Waals surface area contributed by atoms with Crippen molar-refractivity contribution in [3.8, 4) is 45.4 Å². The van der Waals surface area contributed by atoms with Crippen molar-refractivity contribution in [1.82, 2.24) is 4.98 Å². The zero-order valence-corrected chi connectivity index (χ0v) is 18.4. The van der Waals surface area contributed by atoms with E-state index in [4.69, 9.17) is 23.9 Å². The van der Waals surface area contributed by atoms with Gasteiger partial charge in [0.1, 0.15) is 0 Å². The minimum Gasteiger partial charge on any atom is -0.493 e. The highest BCUT2D eigenvalue weighted by atomic mass is 16.5. The van der Waals surface area contributed by atoms with Crippen LogP contribution in [0.4, 0.5) is 0 Å². The third kappa shape index (κ3) is 3.63. The Labute approximate surface area is 182 Å². The fourth-order valence-electron chi connectivity index (χ4n) is 3.89. The summed E-state index contributed by atoms with van der Waals surface area (Å²) in [4.78, 5) is 5.02. The van der Waals surface area contributed by atoms with Crippen LogP contribution in [-0.4, -0.2) is 33.4 Å². The number of ether oxygens (including phenoxy) is 4. The summed E-state index contributed by atoms with van der Waals surface area (Å²) in [7, 11) is 6.55. The van der Waals surface area contributed by atoms with Crippen molar-refractivity contribution in [3.63, 3.8) is 0 Å². The van der Waals surface area contributed by atoms with Gasteiger partial charge in [-0.3, -0.25) is 4.98 Å². The first-order valence-electron chi connectivity index (χ1n) is 9.95. The molecule has 0 unspecified atom stereocenters. The molecule has 4 rings (SSSR count). The third-order valence-electron chi connectivity index (χ3n) is 5.42. The second kappa shape index (κ2) is 8.56. The van der Waals surface area contributed by atoms with Crippen molar-refractivity contribution in [3.05, 3.63) is 66.4 Å². The summed E-state index contributed by atoms with van der Waals surface area (Å²) in [6, 6.07) is 20.1. The van der Waals surface area contributed by atoms with Gasteiger partial charge >= 0.3 is 0 Å². The fourth-order valence-corrected chi connectivity index (χ4v) is 3.89. The quantitative estimate of drug-likeness (QED) is 0.392. The Morgan fingerprint density at radius 1 is 0.581 bits per heavy atom. The summed E-state index contributed by atoms with van der Waals surface area (Å²) in [5, 5.41) is 2.06. The molecule has 0 N–H and O–H groups in total. The molecule has 0 saturated carbocycles. The molecule has 3 aromatic carbocycles. The molecule has 0 spiro atoms. The third-order valence-corrected chi connectivity index (χ3v) is 5.42. The highest BCUT2D eigenvalue weighted by molar-refractivity contribution is 6.05. The Kier molecular flexibility index (Phi) is 5.67. The maximum atomic E-state index is 5.61. The van der Waals surface area contributed by atoms with Crippen LogP contribution in [0.2, 0.25) is 0 Å². The lowest BCUT2D eigenvalue weighted by molar-refractivity contribution is 0.355. The van der Waals surface area contributed by atoms with Crippen molar-refractivity contribution in [2.24, 2.45) is 0 Å². The summed E-state index contributed by atoms with van der Waals surface area (Å²) < 4.78 is 22.1. The van der Waals surface area contributed by atoms with Crippen molar-refractivity contribution >= 4 is 10.8 Å². The van der Waals surface area contributed by atoms with Crippen molar-refractivity contribution in [1.29, 1.82) is 0 Å². The Morgan fingerprint density at radius 3 is 1.77 bits per heavy atom. The number of nitrogens with zero attached hydrogens (tertiary/aromatic N) is 1. The summed E-state index contributed by atoms with van der Waals surface area (Å²) in [5.74, 6) is 2.69. The largest absolute Gasteiger partial charge is 0.493 e. The predicted octanol–water partition coefficient (Wildman–Crippen LogP) is 5.91. The Bertz CT molecular complexity index is 1240. The van der Waals surface area contributed by atoms with Crippen molar-refractivity contribution in [2.45, 2.75) is 6.92 Å². The number of methoxy groups -OCH3 is 4. The van der Waals surface area contributed by atoms with Crippen LogP contribution in [0.25, 0.3) is 33.2 Å². The first-order chi connectivity index (χ1) is 15.1. The first-order valence-corrected chi connectivity index (χ1v) is 9.95. The molecule has 0 atom stereocenters. The maximum absolute atomic E-state index is 5.61. The lowest BCUT2D eigenvalue weighted by atomic mass is 9.92. The zero-order chi connectivity index (χ0) is 22.0. The van der Waals surface area contributed by atoms with Crippen LogP contribution in [0, 0.1) is 6.92 Å². The van der Waals surface area contributed by atoms with Gasteiger partial charge in [-0.05, 0) is 48.2 Å². The number of rotatable bonds is 6. The van der Waals surface area contributed by atoms with E-state index in [2.05, 4.69) is 12.1 Å². The Hall–Kier alpha value is -3.73. The average Bonchev–Trinajstić information content (AvgIpc) is 2.83. The van der Waals surface area contributed by atoms with Gasteiger partial charge in [-0.25, -0.2) is 0 Å². The molecule has 4 aromatic rings. The lowest BCUT2D eigenvalue weighted by Gasteiger charge is -2.18. The molecule has 0 radical (unpaired) electrons. The molecule has 1 aromatic heterocycles. The van der Waals surface area contributed by atoms with Gasteiger partial charge in [-0.15, -0.1) is 0 Å². The second-order valence-corrected chi connectivity index (χ2v) is 7.11. The smallest absolute Gasteiger partial charge is 0.161 e. The van der Waals surface area contributed by atoms with Crippen LogP contribution in [0.15, 0.2) is 60.7 Å². The fraction of sp³-hybridized carbons (Fsp3) is 0.192. The first kappa shape index (κ1) is 20.5. The maximum Gasteiger partial charge on any atom is 0.161 e. The van der Waals surface area contributed by atoms with Gasteiger partial charge in [-0.1, -0.05) is 30.3 Å². The molecule has 0 aliphatic heterocycles. The number of hydrogen-bond acceptors (Lipinski definition) is 5. The summed E-state index contributed by atoms with van der Waals surface area (Å²) in [6.45, 7) is 2.01. The molecule has 5 heteroatoms. The van der Waals surface area contributed by atoms with E-state index in [0.29, 0.717) is 23.0 Å². The number of hydrogen-bond donors (Lipinski definition) is 0. The molecule has 31 heavy (non-hydrogen) atoms. The van der Waals surface area contributed by atoms with Crippen LogP contribution in [0.1, 0.15) is 5.69 Å². The van der Waals surface area contributed by atoms with E-state index in [9.17, 15) is 0 Å². The zero-order valence-electron chi connectivity index (χ0n) is 18.4. The minimum absolute atomic E-state index is 0.658. The van der Waals surface area contributed by atoms with Gasteiger partial charge in [0.25, 0.3) is 0 Å². The number of pyridine rings is 1. The molecular formula is C26H25NO4. The number of aromatic nitrogens is 1. The molecule has 0 aliphatic carbocycles. The van der Waals surface area contributed by atoms with Gasteiger partial charge in [0.05, 0.1) is 34.1 Å². The molecule has 5 nitrogen and oxygen atoms in total. The number of benzene rings is 3. The monoisotopic (exact) mass is 415 g/mol. The standard InChI is InChI=1S/C26H25NO4/c1-16-19-14-23(30-4)24(31-5)15-20(19)25(17-9-7-6-8-10-17)26(27-16)18-11-12-21(28-2)22(13-18)29-3/h6-15H,1-5H3. The molecule has 158 valence electrons. The molecule has 0 aliphatic rings. The Balaban J connectivity index is 2.10. The molecule has 0 amide bonds. The van der Waals surface area contributed by atoms with Crippen molar-refractivity contribution in [2.75, 3.05) is 28.4 Å². The topological polar surface area (TPSA) is 49.8 Å². The molecule has 1 heterocycles. The second-order valence-electron chi connectivity index (χ2n) is 7.11. The summed E-state index contributed by atoms with van der Waals surface area (Å²) in [6.07, 6.45) is 0. The van der Waals surface area contributed by atoms with E-state index in [1.165, 1.54) is 0 Å².